The van der Waals surface area contributed by atoms with E-state index >= 15 is 0 Å². The number of amidine groups is 1. The van der Waals surface area contributed by atoms with Crippen LogP contribution in [-0.2, 0) is 0 Å². The van der Waals surface area contributed by atoms with E-state index in [0.717, 1.165) is 14.4 Å². The lowest BCUT2D eigenvalue weighted by molar-refractivity contribution is 0.318. The van der Waals surface area contributed by atoms with Crippen molar-refractivity contribution < 1.29 is 5.21 Å². The fourth-order valence-electron chi connectivity index (χ4n) is 1.32. The van der Waals surface area contributed by atoms with Crippen molar-refractivity contribution in [1.82, 2.24) is 4.98 Å². The Morgan fingerprint density at radius 3 is 2.78 bits per heavy atom. The number of hydrogen-bond donors (Lipinski definition) is 2. The molecule has 0 fully saturated rings. The van der Waals surface area contributed by atoms with E-state index in [2.05, 4.69) is 26.1 Å². The van der Waals surface area contributed by atoms with E-state index in [-0.39, 0.29) is 5.84 Å². The van der Waals surface area contributed by atoms with Gasteiger partial charge in [-0.25, -0.2) is 4.98 Å². The van der Waals surface area contributed by atoms with Crippen LogP contribution in [0.15, 0.2) is 62.0 Å². The summed E-state index contributed by atoms with van der Waals surface area (Å²) in [5.41, 5.74) is 5.96. The summed E-state index contributed by atoms with van der Waals surface area (Å²) in [5.74, 6) is 0.00620. The van der Waals surface area contributed by atoms with Gasteiger partial charge in [-0.05, 0) is 30.3 Å². The van der Waals surface area contributed by atoms with Crippen LogP contribution in [-0.4, -0.2) is 16.0 Å². The number of nitrogens with two attached hydrogens (primary N) is 1. The molecule has 1 aromatic heterocycles. The van der Waals surface area contributed by atoms with Gasteiger partial charge in [0.05, 0.1) is 0 Å². The summed E-state index contributed by atoms with van der Waals surface area (Å²) >= 11 is 4.93. The van der Waals surface area contributed by atoms with Gasteiger partial charge >= 0.3 is 0 Å². The molecule has 0 bridgehead atoms. The second-order valence-electron chi connectivity index (χ2n) is 3.41. The summed E-state index contributed by atoms with van der Waals surface area (Å²) in [6, 6.07) is 13.3. The minimum Gasteiger partial charge on any atom is -0.409 e. The number of hydrogen-bond acceptors (Lipinski definition) is 4. The first-order chi connectivity index (χ1) is 8.69. The maximum atomic E-state index is 8.62. The molecule has 6 heteroatoms. The van der Waals surface area contributed by atoms with E-state index in [0.29, 0.717) is 5.69 Å². The molecule has 0 saturated carbocycles. The highest BCUT2D eigenvalue weighted by Crippen LogP contribution is 2.28. The van der Waals surface area contributed by atoms with Gasteiger partial charge in [-0.15, -0.1) is 0 Å². The second-order valence-corrected chi connectivity index (χ2v) is 5.42. The van der Waals surface area contributed by atoms with Crippen LogP contribution in [0.2, 0.25) is 0 Å². The third-order valence-electron chi connectivity index (χ3n) is 2.11. The molecule has 1 heterocycles. The fraction of sp³-hybridized carbons (Fsp3) is 0. The van der Waals surface area contributed by atoms with Gasteiger partial charge in [-0.2, -0.15) is 0 Å². The summed E-state index contributed by atoms with van der Waals surface area (Å²) in [6.45, 7) is 0. The predicted molar refractivity (Wildman–Crippen MR) is 75.0 cm³/mol. The van der Waals surface area contributed by atoms with Crippen LogP contribution in [0.25, 0.3) is 0 Å². The van der Waals surface area contributed by atoms with Gasteiger partial charge in [-0.3, -0.25) is 0 Å². The van der Waals surface area contributed by atoms with E-state index in [1.807, 2.05) is 36.4 Å². The Balaban J connectivity index is 2.24. The molecule has 4 nitrogen and oxygen atoms in total. The molecule has 92 valence electrons. The number of rotatable bonds is 3. The Morgan fingerprint density at radius 1 is 1.28 bits per heavy atom. The minimum absolute atomic E-state index is 0.00620. The molecule has 0 spiro atoms. The van der Waals surface area contributed by atoms with Crippen molar-refractivity contribution in [3.8, 4) is 0 Å². The lowest BCUT2D eigenvalue weighted by Crippen LogP contribution is -2.14. The van der Waals surface area contributed by atoms with E-state index in [1.54, 1.807) is 6.07 Å². The number of oxime groups is 1. The zero-order valence-electron chi connectivity index (χ0n) is 9.25. The average molecular weight is 324 g/mol. The highest BCUT2D eigenvalue weighted by Gasteiger charge is 2.04. The van der Waals surface area contributed by atoms with Crippen LogP contribution >= 0.6 is 27.7 Å². The first-order valence-electron chi connectivity index (χ1n) is 5.07. The molecule has 2 aromatic rings. The number of pyridine rings is 1. The van der Waals surface area contributed by atoms with E-state index in [1.165, 1.54) is 11.8 Å². The smallest absolute Gasteiger partial charge is 0.188 e. The largest absolute Gasteiger partial charge is 0.409 e. The SMILES string of the molecule is NC(=NO)c1cccc(Sc2cccc(Br)c2)n1. The third-order valence-corrected chi connectivity index (χ3v) is 3.53. The first-order valence-corrected chi connectivity index (χ1v) is 6.68. The van der Waals surface area contributed by atoms with E-state index in [4.69, 9.17) is 10.9 Å². The van der Waals surface area contributed by atoms with Crippen LogP contribution in [0.3, 0.4) is 0 Å². The van der Waals surface area contributed by atoms with Crippen molar-refractivity contribution >= 4 is 33.5 Å². The molecule has 0 aliphatic carbocycles. The molecular formula is C12H10BrN3OS. The standard InChI is InChI=1S/C12H10BrN3OS/c13-8-3-1-4-9(7-8)18-11-6-2-5-10(15-11)12(14)16-17/h1-7,17H,(H2,14,16). The quantitative estimate of drug-likeness (QED) is 0.394. The highest BCUT2D eigenvalue weighted by atomic mass is 79.9. The molecule has 0 aliphatic rings. The number of nitrogens with zero attached hydrogens (tertiary/aromatic N) is 2. The normalized spacial score (nSPS) is 11.5. The van der Waals surface area contributed by atoms with E-state index < -0.39 is 0 Å². The van der Waals surface area contributed by atoms with Crippen LogP contribution in [0.1, 0.15) is 5.69 Å². The molecule has 18 heavy (non-hydrogen) atoms. The first kappa shape index (κ1) is 12.9. The number of halogens is 1. The molecule has 0 radical (unpaired) electrons. The Labute approximate surface area is 117 Å². The zero-order chi connectivity index (χ0) is 13.0. The van der Waals surface area contributed by atoms with Crippen LogP contribution in [0, 0.1) is 0 Å². The summed E-state index contributed by atoms with van der Waals surface area (Å²) in [7, 11) is 0. The summed E-state index contributed by atoms with van der Waals surface area (Å²) < 4.78 is 1.01. The van der Waals surface area contributed by atoms with Crippen molar-refractivity contribution in [3.05, 3.63) is 52.6 Å². The van der Waals surface area contributed by atoms with Crippen molar-refractivity contribution in [2.45, 2.75) is 9.92 Å². The third kappa shape index (κ3) is 3.24. The lowest BCUT2D eigenvalue weighted by Gasteiger charge is -2.03. The summed E-state index contributed by atoms with van der Waals surface area (Å²) in [5, 5.41) is 12.3. The maximum absolute atomic E-state index is 8.62. The molecule has 2 rings (SSSR count). The molecule has 1 aromatic carbocycles. The molecule has 3 N–H and O–H groups in total. The number of benzene rings is 1. The van der Waals surface area contributed by atoms with Gasteiger partial charge < -0.3 is 10.9 Å². The van der Waals surface area contributed by atoms with Crippen molar-refractivity contribution in [2.24, 2.45) is 10.9 Å². The Hall–Kier alpha value is -1.53. The van der Waals surface area contributed by atoms with Crippen LogP contribution in [0.4, 0.5) is 0 Å². The Kier molecular flexibility index (Phi) is 4.22. The number of aromatic nitrogens is 1. The Morgan fingerprint density at radius 2 is 2.06 bits per heavy atom. The molecule has 0 amide bonds. The Bertz CT molecular complexity index is 589. The highest BCUT2D eigenvalue weighted by molar-refractivity contribution is 9.10. The molecular weight excluding hydrogens is 314 g/mol. The molecule has 0 unspecified atom stereocenters. The van der Waals surface area contributed by atoms with Gasteiger partial charge in [0.25, 0.3) is 0 Å². The van der Waals surface area contributed by atoms with E-state index in [9.17, 15) is 0 Å². The zero-order valence-corrected chi connectivity index (χ0v) is 11.6. The summed E-state index contributed by atoms with van der Waals surface area (Å²) in [6.07, 6.45) is 0. The topological polar surface area (TPSA) is 71.5 Å². The van der Waals surface area contributed by atoms with Gasteiger partial charge in [-0.1, -0.05) is 45.0 Å². The lowest BCUT2D eigenvalue weighted by atomic mass is 10.3. The van der Waals surface area contributed by atoms with Crippen LogP contribution in [0.5, 0.6) is 0 Å². The maximum Gasteiger partial charge on any atom is 0.188 e. The van der Waals surface area contributed by atoms with Crippen molar-refractivity contribution in [3.63, 3.8) is 0 Å². The molecule has 0 saturated heterocycles. The minimum atomic E-state index is 0.00620. The molecule has 0 aliphatic heterocycles. The van der Waals surface area contributed by atoms with Gasteiger partial charge in [0.1, 0.15) is 10.7 Å². The monoisotopic (exact) mass is 323 g/mol. The average Bonchev–Trinajstić information content (AvgIpc) is 2.38. The predicted octanol–water partition coefficient (Wildman–Crippen LogP) is 3.09. The van der Waals surface area contributed by atoms with Crippen molar-refractivity contribution in [2.75, 3.05) is 0 Å². The van der Waals surface area contributed by atoms with Gasteiger partial charge in [0.2, 0.25) is 0 Å². The van der Waals surface area contributed by atoms with Gasteiger partial charge in [0.15, 0.2) is 5.84 Å². The van der Waals surface area contributed by atoms with Crippen molar-refractivity contribution in [1.29, 1.82) is 0 Å². The molecule has 0 atom stereocenters. The second kappa shape index (κ2) is 5.88. The van der Waals surface area contributed by atoms with Crippen LogP contribution < -0.4 is 5.73 Å². The fourth-order valence-corrected chi connectivity index (χ4v) is 2.73. The summed E-state index contributed by atoms with van der Waals surface area (Å²) in [4.78, 5) is 5.36. The van der Waals surface area contributed by atoms with Gasteiger partial charge in [0, 0.05) is 9.37 Å².